The van der Waals surface area contributed by atoms with Crippen molar-refractivity contribution in [3.63, 3.8) is 0 Å². The zero-order valence-electron chi connectivity index (χ0n) is 7.55. The Morgan fingerprint density at radius 2 is 1.69 bits per heavy atom. The summed E-state index contributed by atoms with van der Waals surface area (Å²) in [5.41, 5.74) is 1.45. The van der Waals surface area contributed by atoms with Crippen LogP contribution in [0.3, 0.4) is 0 Å². The molecule has 0 saturated heterocycles. The van der Waals surface area contributed by atoms with E-state index in [0.29, 0.717) is 3.74 Å². The fourth-order valence-electron chi connectivity index (χ4n) is 1.27. The molecule has 1 rings (SSSR count). The van der Waals surface area contributed by atoms with Gasteiger partial charge in [-0.3, -0.25) is 0 Å². The number of hydrogen-bond donors (Lipinski definition) is 0. The number of unbranched alkanes of at least 4 members (excludes halogenated alkanes) is 1. The molecule has 0 radical (unpaired) electrons. The summed E-state index contributed by atoms with van der Waals surface area (Å²) in [5.74, 6) is 0. The molecular formula is C11H14Br2. The average molecular weight is 306 g/mol. The minimum atomic E-state index is 0.482. The Bertz CT molecular complexity index is 219. The minimum absolute atomic E-state index is 0.482. The molecule has 0 aliphatic rings. The van der Waals surface area contributed by atoms with Crippen LogP contribution in [0.15, 0.2) is 30.3 Å². The molecule has 0 nitrogen and oxygen atoms in total. The van der Waals surface area contributed by atoms with Crippen LogP contribution in [0.5, 0.6) is 0 Å². The van der Waals surface area contributed by atoms with Crippen molar-refractivity contribution in [1.82, 2.24) is 0 Å². The molecule has 2 heteroatoms. The third-order valence-corrected chi connectivity index (χ3v) is 2.90. The summed E-state index contributed by atoms with van der Waals surface area (Å²) < 4.78 is 0.482. The van der Waals surface area contributed by atoms with Gasteiger partial charge < -0.3 is 0 Å². The summed E-state index contributed by atoms with van der Waals surface area (Å²) in [4.78, 5) is 0. The van der Waals surface area contributed by atoms with Gasteiger partial charge in [0.2, 0.25) is 0 Å². The summed E-state index contributed by atoms with van der Waals surface area (Å²) >= 11 is 6.95. The van der Waals surface area contributed by atoms with Gasteiger partial charge in [-0.05, 0) is 24.8 Å². The largest absolute Gasteiger partial charge is 0.0765 e. The maximum Gasteiger partial charge on any atom is 0.0697 e. The molecule has 0 N–H and O–H groups in total. The highest BCUT2D eigenvalue weighted by Gasteiger charge is 1.97. The van der Waals surface area contributed by atoms with Gasteiger partial charge in [0, 0.05) is 0 Å². The fourth-order valence-corrected chi connectivity index (χ4v) is 1.92. The summed E-state index contributed by atoms with van der Waals surface area (Å²) in [7, 11) is 0. The molecule has 1 aromatic rings. The van der Waals surface area contributed by atoms with Crippen molar-refractivity contribution in [2.75, 3.05) is 0 Å². The third-order valence-electron chi connectivity index (χ3n) is 1.98. The molecule has 0 atom stereocenters. The predicted octanol–water partition coefficient (Wildman–Crippen LogP) is 4.52. The first-order chi connectivity index (χ1) is 6.29. The highest BCUT2D eigenvalue weighted by atomic mass is 79.9. The molecule has 0 heterocycles. The zero-order valence-corrected chi connectivity index (χ0v) is 10.7. The molecule has 1 aromatic carbocycles. The number of aryl methyl sites for hydroxylation is 1. The summed E-state index contributed by atoms with van der Waals surface area (Å²) in [6.07, 6.45) is 4.95. The van der Waals surface area contributed by atoms with Crippen LogP contribution in [-0.4, -0.2) is 3.74 Å². The number of rotatable bonds is 5. The normalized spacial score (nSPS) is 10.7. The van der Waals surface area contributed by atoms with E-state index in [1.807, 2.05) is 0 Å². The Kier molecular flexibility index (Phi) is 5.72. The molecular weight excluding hydrogens is 292 g/mol. The predicted molar refractivity (Wildman–Crippen MR) is 65.6 cm³/mol. The molecule has 13 heavy (non-hydrogen) atoms. The maximum atomic E-state index is 3.48. The lowest BCUT2D eigenvalue weighted by molar-refractivity contribution is 0.716. The van der Waals surface area contributed by atoms with Gasteiger partial charge >= 0.3 is 0 Å². The molecule has 0 bridgehead atoms. The second-order valence-electron chi connectivity index (χ2n) is 3.12. The Hall–Kier alpha value is 0.180. The minimum Gasteiger partial charge on any atom is -0.0765 e. The molecule has 0 fully saturated rings. The van der Waals surface area contributed by atoms with Crippen molar-refractivity contribution in [3.8, 4) is 0 Å². The first-order valence-electron chi connectivity index (χ1n) is 4.61. The van der Waals surface area contributed by atoms with Gasteiger partial charge in [-0.25, -0.2) is 0 Å². The van der Waals surface area contributed by atoms with Crippen molar-refractivity contribution in [2.24, 2.45) is 0 Å². The topological polar surface area (TPSA) is 0 Å². The highest BCUT2D eigenvalue weighted by Crippen LogP contribution is 2.16. The van der Waals surface area contributed by atoms with Crippen molar-refractivity contribution in [3.05, 3.63) is 35.9 Å². The maximum absolute atomic E-state index is 3.48. The Labute approximate surface area is 97.0 Å². The molecule has 0 aliphatic heterocycles. The lowest BCUT2D eigenvalue weighted by atomic mass is 10.1. The number of hydrogen-bond acceptors (Lipinski definition) is 0. The molecule has 0 unspecified atom stereocenters. The molecule has 0 aromatic heterocycles. The van der Waals surface area contributed by atoms with Gasteiger partial charge in [0.05, 0.1) is 3.74 Å². The fraction of sp³-hybridized carbons (Fsp3) is 0.455. The summed E-state index contributed by atoms with van der Waals surface area (Å²) in [6, 6.07) is 10.7. The van der Waals surface area contributed by atoms with Gasteiger partial charge in [-0.15, -0.1) is 0 Å². The quantitative estimate of drug-likeness (QED) is 0.554. The molecule has 72 valence electrons. The van der Waals surface area contributed by atoms with E-state index in [4.69, 9.17) is 0 Å². The smallest absolute Gasteiger partial charge is 0.0697 e. The molecule has 0 amide bonds. The summed E-state index contributed by atoms with van der Waals surface area (Å²) in [5, 5.41) is 0. The van der Waals surface area contributed by atoms with Crippen molar-refractivity contribution in [2.45, 2.75) is 29.4 Å². The molecule has 0 spiro atoms. The Balaban J connectivity index is 2.13. The van der Waals surface area contributed by atoms with Gasteiger partial charge in [-0.1, -0.05) is 68.6 Å². The van der Waals surface area contributed by atoms with Crippen molar-refractivity contribution >= 4 is 31.9 Å². The number of halogens is 2. The van der Waals surface area contributed by atoms with Crippen molar-refractivity contribution in [1.29, 1.82) is 0 Å². The van der Waals surface area contributed by atoms with Crippen LogP contribution >= 0.6 is 31.9 Å². The highest BCUT2D eigenvalue weighted by molar-refractivity contribution is 9.24. The lowest BCUT2D eigenvalue weighted by Crippen LogP contribution is -1.88. The van der Waals surface area contributed by atoms with E-state index in [1.54, 1.807) is 0 Å². The van der Waals surface area contributed by atoms with Crippen LogP contribution in [0.1, 0.15) is 24.8 Å². The van der Waals surface area contributed by atoms with Crippen LogP contribution in [0.2, 0.25) is 0 Å². The Morgan fingerprint density at radius 1 is 1.00 bits per heavy atom. The van der Waals surface area contributed by atoms with E-state index in [9.17, 15) is 0 Å². The van der Waals surface area contributed by atoms with Crippen LogP contribution in [0.4, 0.5) is 0 Å². The van der Waals surface area contributed by atoms with Crippen LogP contribution in [0.25, 0.3) is 0 Å². The first kappa shape index (κ1) is 11.3. The zero-order chi connectivity index (χ0) is 9.52. The van der Waals surface area contributed by atoms with Gasteiger partial charge in [0.15, 0.2) is 0 Å². The first-order valence-corrected chi connectivity index (χ1v) is 6.44. The standard InChI is InChI=1S/C11H14Br2/c12-11(13)9-5-4-8-10-6-2-1-3-7-10/h1-3,6-7,11H,4-5,8-9H2. The van der Waals surface area contributed by atoms with E-state index in [1.165, 1.54) is 31.2 Å². The van der Waals surface area contributed by atoms with Gasteiger partial charge in [-0.2, -0.15) is 0 Å². The van der Waals surface area contributed by atoms with E-state index < -0.39 is 0 Å². The number of alkyl halides is 2. The van der Waals surface area contributed by atoms with E-state index >= 15 is 0 Å². The van der Waals surface area contributed by atoms with Gasteiger partial charge in [0.25, 0.3) is 0 Å². The van der Waals surface area contributed by atoms with Crippen LogP contribution in [-0.2, 0) is 6.42 Å². The van der Waals surface area contributed by atoms with Gasteiger partial charge in [0.1, 0.15) is 0 Å². The SMILES string of the molecule is BrC(Br)CCCCc1ccccc1. The lowest BCUT2D eigenvalue weighted by Gasteiger charge is -2.02. The Morgan fingerprint density at radius 3 is 2.31 bits per heavy atom. The van der Waals surface area contributed by atoms with E-state index in [0.717, 1.165) is 0 Å². The number of benzene rings is 1. The van der Waals surface area contributed by atoms with Crippen LogP contribution < -0.4 is 0 Å². The monoisotopic (exact) mass is 304 g/mol. The van der Waals surface area contributed by atoms with Crippen LogP contribution in [0, 0.1) is 0 Å². The van der Waals surface area contributed by atoms with E-state index in [-0.39, 0.29) is 0 Å². The van der Waals surface area contributed by atoms with E-state index in [2.05, 4.69) is 62.2 Å². The van der Waals surface area contributed by atoms with Crippen molar-refractivity contribution < 1.29 is 0 Å². The second-order valence-corrected chi connectivity index (χ2v) is 6.56. The second kappa shape index (κ2) is 6.61. The molecule has 0 saturated carbocycles. The average Bonchev–Trinajstić information content (AvgIpc) is 2.14. The summed E-state index contributed by atoms with van der Waals surface area (Å²) in [6.45, 7) is 0. The third kappa shape index (κ3) is 5.48. The molecule has 0 aliphatic carbocycles.